The summed E-state index contributed by atoms with van der Waals surface area (Å²) in [5, 5.41) is 17.5. The molecule has 1 heterocycles. The predicted octanol–water partition coefficient (Wildman–Crippen LogP) is 0.651. The lowest BCUT2D eigenvalue weighted by molar-refractivity contribution is -0.139. The Morgan fingerprint density at radius 3 is 3.00 bits per heavy atom. The Morgan fingerprint density at radius 1 is 1.82 bits per heavy atom. The van der Waals surface area contributed by atoms with Crippen molar-refractivity contribution < 1.29 is 15.0 Å². The number of aromatic nitrogens is 1. The average molecular weight is 173 g/mol. The van der Waals surface area contributed by atoms with Gasteiger partial charge in [-0.15, -0.1) is 11.3 Å². The minimum absolute atomic E-state index is 0.262. The zero-order valence-electron chi connectivity index (χ0n) is 5.60. The van der Waals surface area contributed by atoms with Crippen LogP contribution in [0.2, 0.25) is 0 Å². The number of aliphatic hydroxyl groups is 1. The Balaban J connectivity index is 2.56. The molecule has 0 unspecified atom stereocenters. The topological polar surface area (TPSA) is 70.4 Å². The van der Waals surface area contributed by atoms with Gasteiger partial charge in [0.25, 0.3) is 0 Å². The van der Waals surface area contributed by atoms with Crippen molar-refractivity contribution in [3.63, 3.8) is 0 Å². The molecule has 1 aromatic heterocycles. The lowest BCUT2D eigenvalue weighted by atomic mass is 10.2. The number of hydrogen-bond acceptors (Lipinski definition) is 4. The van der Waals surface area contributed by atoms with Crippen molar-refractivity contribution in [1.82, 2.24) is 4.98 Å². The second-order valence-electron chi connectivity index (χ2n) is 2.02. The molecular weight excluding hydrogens is 166 g/mol. The van der Waals surface area contributed by atoms with E-state index in [1.165, 1.54) is 17.5 Å². The molecule has 0 saturated heterocycles. The fraction of sp³-hybridized carbons (Fsp3) is 0.333. The molecule has 11 heavy (non-hydrogen) atoms. The standard InChI is InChI=1S/C6H7NO3S/c8-4(1-6(9)10)5-2-7-3-11-5/h2-4,8H,1H2,(H,9,10)/t4-/m0/s1. The van der Waals surface area contributed by atoms with Crippen molar-refractivity contribution in [1.29, 1.82) is 0 Å². The lowest BCUT2D eigenvalue weighted by Gasteiger charge is -2.01. The average Bonchev–Trinajstić information content (AvgIpc) is 2.35. The van der Waals surface area contributed by atoms with Gasteiger partial charge >= 0.3 is 5.97 Å². The first kappa shape index (κ1) is 8.16. The molecule has 0 radical (unpaired) electrons. The van der Waals surface area contributed by atoms with Crippen LogP contribution in [0.3, 0.4) is 0 Å². The summed E-state index contributed by atoms with van der Waals surface area (Å²) in [6, 6.07) is 0. The molecule has 0 bridgehead atoms. The van der Waals surface area contributed by atoms with Crippen molar-refractivity contribution in [3.05, 3.63) is 16.6 Å². The number of nitrogens with zero attached hydrogens (tertiary/aromatic N) is 1. The highest BCUT2D eigenvalue weighted by Crippen LogP contribution is 2.19. The highest BCUT2D eigenvalue weighted by Gasteiger charge is 2.12. The van der Waals surface area contributed by atoms with Crippen LogP contribution in [0.25, 0.3) is 0 Å². The SMILES string of the molecule is O=C(O)C[C@H](O)c1cncs1. The molecule has 0 saturated carbocycles. The number of carboxylic acids is 1. The van der Waals surface area contributed by atoms with Crippen LogP contribution in [0.1, 0.15) is 17.4 Å². The van der Waals surface area contributed by atoms with E-state index in [1.54, 1.807) is 5.51 Å². The molecule has 4 nitrogen and oxygen atoms in total. The molecule has 5 heteroatoms. The normalized spacial score (nSPS) is 12.8. The van der Waals surface area contributed by atoms with Gasteiger partial charge in [-0.1, -0.05) is 0 Å². The van der Waals surface area contributed by atoms with Crippen molar-refractivity contribution in [2.45, 2.75) is 12.5 Å². The van der Waals surface area contributed by atoms with Gasteiger partial charge in [0.05, 0.1) is 16.8 Å². The summed E-state index contributed by atoms with van der Waals surface area (Å²) in [7, 11) is 0. The van der Waals surface area contributed by atoms with Crippen LogP contribution in [0.15, 0.2) is 11.7 Å². The van der Waals surface area contributed by atoms with E-state index in [-0.39, 0.29) is 6.42 Å². The third kappa shape index (κ3) is 2.28. The van der Waals surface area contributed by atoms with Crippen LogP contribution >= 0.6 is 11.3 Å². The van der Waals surface area contributed by atoms with Crippen molar-refractivity contribution in [3.8, 4) is 0 Å². The fourth-order valence-corrected chi connectivity index (χ4v) is 1.26. The summed E-state index contributed by atoms with van der Waals surface area (Å²) in [5.41, 5.74) is 1.56. The quantitative estimate of drug-likeness (QED) is 0.704. The molecule has 1 aromatic rings. The van der Waals surface area contributed by atoms with Crippen LogP contribution in [-0.4, -0.2) is 21.2 Å². The zero-order valence-corrected chi connectivity index (χ0v) is 6.41. The first-order valence-electron chi connectivity index (χ1n) is 2.98. The zero-order chi connectivity index (χ0) is 8.27. The van der Waals surface area contributed by atoms with Crippen LogP contribution in [0.5, 0.6) is 0 Å². The maximum absolute atomic E-state index is 10.1. The first-order valence-corrected chi connectivity index (χ1v) is 3.86. The van der Waals surface area contributed by atoms with Gasteiger partial charge in [0.15, 0.2) is 0 Å². The van der Waals surface area contributed by atoms with Gasteiger partial charge in [-0.25, -0.2) is 0 Å². The first-order chi connectivity index (χ1) is 5.20. The second-order valence-corrected chi connectivity index (χ2v) is 2.94. The van der Waals surface area contributed by atoms with Crippen molar-refractivity contribution in [2.24, 2.45) is 0 Å². The van der Waals surface area contributed by atoms with Crippen LogP contribution in [-0.2, 0) is 4.79 Å². The fourth-order valence-electron chi connectivity index (χ4n) is 0.656. The largest absolute Gasteiger partial charge is 0.481 e. The smallest absolute Gasteiger partial charge is 0.306 e. The number of thiazole rings is 1. The van der Waals surface area contributed by atoms with E-state index in [1.807, 2.05) is 0 Å². The molecule has 0 fully saturated rings. The van der Waals surface area contributed by atoms with Crippen LogP contribution < -0.4 is 0 Å². The third-order valence-electron chi connectivity index (χ3n) is 1.15. The molecule has 0 amide bonds. The summed E-state index contributed by atoms with van der Waals surface area (Å²) < 4.78 is 0. The maximum atomic E-state index is 10.1. The van der Waals surface area contributed by atoms with Gasteiger partial charge in [0.1, 0.15) is 6.10 Å². The molecule has 0 aliphatic heterocycles. The molecule has 0 spiro atoms. The maximum Gasteiger partial charge on any atom is 0.306 e. The molecule has 2 N–H and O–H groups in total. The predicted molar refractivity (Wildman–Crippen MR) is 39.3 cm³/mol. The van der Waals surface area contributed by atoms with Gasteiger partial charge in [0.2, 0.25) is 0 Å². The number of aliphatic carboxylic acids is 1. The molecule has 1 rings (SSSR count). The van der Waals surface area contributed by atoms with E-state index in [9.17, 15) is 4.79 Å². The van der Waals surface area contributed by atoms with E-state index in [0.29, 0.717) is 4.88 Å². The minimum Gasteiger partial charge on any atom is -0.481 e. The number of hydrogen-bond donors (Lipinski definition) is 2. The van der Waals surface area contributed by atoms with Gasteiger partial charge in [-0.2, -0.15) is 0 Å². The Labute approximate surface area is 67.1 Å². The lowest BCUT2D eigenvalue weighted by Crippen LogP contribution is -2.03. The van der Waals surface area contributed by atoms with Gasteiger partial charge in [0, 0.05) is 6.20 Å². The Morgan fingerprint density at radius 2 is 2.55 bits per heavy atom. The number of carbonyl (C=O) groups is 1. The third-order valence-corrected chi connectivity index (χ3v) is 2.02. The molecule has 0 aromatic carbocycles. The van der Waals surface area contributed by atoms with Crippen LogP contribution in [0, 0.1) is 0 Å². The van der Waals surface area contributed by atoms with E-state index in [0.717, 1.165) is 0 Å². The van der Waals surface area contributed by atoms with Gasteiger partial charge in [-0.05, 0) is 0 Å². The molecule has 0 aliphatic rings. The second kappa shape index (κ2) is 3.45. The Kier molecular flexibility index (Phi) is 2.56. The van der Waals surface area contributed by atoms with Gasteiger partial charge in [-0.3, -0.25) is 9.78 Å². The number of aliphatic hydroxyl groups excluding tert-OH is 1. The summed E-state index contributed by atoms with van der Waals surface area (Å²) in [6.45, 7) is 0. The molecule has 60 valence electrons. The van der Waals surface area contributed by atoms with E-state index >= 15 is 0 Å². The molecule has 0 aliphatic carbocycles. The molecule has 1 atom stereocenters. The number of carboxylic acid groups (broad SMARTS) is 1. The Hall–Kier alpha value is -0.940. The van der Waals surface area contributed by atoms with Gasteiger partial charge < -0.3 is 10.2 Å². The summed E-state index contributed by atoms with van der Waals surface area (Å²) in [5.74, 6) is -1.01. The highest BCUT2D eigenvalue weighted by molar-refractivity contribution is 7.09. The van der Waals surface area contributed by atoms with Crippen molar-refractivity contribution >= 4 is 17.3 Å². The summed E-state index contributed by atoms with van der Waals surface area (Å²) in [6.07, 6.45) is 0.292. The monoisotopic (exact) mass is 173 g/mol. The van der Waals surface area contributed by atoms with Crippen LogP contribution in [0.4, 0.5) is 0 Å². The van der Waals surface area contributed by atoms with E-state index < -0.39 is 12.1 Å². The number of rotatable bonds is 3. The Bertz CT molecular complexity index is 234. The summed E-state index contributed by atoms with van der Waals surface area (Å²) in [4.78, 5) is 14.4. The molecular formula is C6H7NO3S. The van der Waals surface area contributed by atoms with E-state index in [4.69, 9.17) is 10.2 Å². The minimum atomic E-state index is -1.01. The van der Waals surface area contributed by atoms with E-state index in [2.05, 4.69) is 4.98 Å². The summed E-state index contributed by atoms with van der Waals surface area (Å²) >= 11 is 1.25. The van der Waals surface area contributed by atoms with Crippen molar-refractivity contribution in [2.75, 3.05) is 0 Å². The highest BCUT2D eigenvalue weighted by atomic mass is 32.1.